The summed E-state index contributed by atoms with van der Waals surface area (Å²) in [7, 11) is 1.86. The molecule has 1 aliphatic rings. The summed E-state index contributed by atoms with van der Waals surface area (Å²) in [5.74, 6) is 0.504. The van der Waals surface area contributed by atoms with Crippen LogP contribution in [0.3, 0.4) is 0 Å². The fourth-order valence-electron chi connectivity index (χ4n) is 3.29. The number of carbonyl (C=O) groups excluding carboxylic acids is 1. The zero-order chi connectivity index (χ0) is 17.5. The average Bonchev–Trinajstić information content (AvgIpc) is 3.03. The Hall–Kier alpha value is -1.43. The van der Waals surface area contributed by atoms with Crippen molar-refractivity contribution in [3.05, 3.63) is 35.9 Å². The molecule has 2 rings (SSSR count). The fraction of sp³-hybridized carbons (Fsp3) is 0.632. The molecule has 0 aliphatic carbocycles. The highest BCUT2D eigenvalue weighted by molar-refractivity contribution is 5.81. The van der Waals surface area contributed by atoms with Gasteiger partial charge in [0.2, 0.25) is 5.91 Å². The first kappa shape index (κ1) is 18.9. The highest BCUT2D eigenvalue weighted by Crippen LogP contribution is 2.23. The Morgan fingerprint density at radius 3 is 2.67 bits per heavy atom. The van der Waals surface area contributed by atoms with E-state index < -0.39 is 0 Å². The van der Waals surface area contributed by atoms with Crippen molar-refractivity contribution in [2.45, 2.75) is 57.7 Å². The smallest absolute Gasteiger partial charge is 0.239 e. The zero-order valence-electron chi connectivity index (χ0n) is 15.2. The van der Waals surface area contributed by atoms with E-state index in [9.17, 15) is 4.79 Å². The third-order valence-electron chi connectivity index (χ3n) is 4.65. The normalized spacial score (nSPS) is 21.9. The maximum absolute atomic E-state index is 12.2. The van der Waals surface area contributed by atoms with Gasteiger partial charge in [0.05, 0.1) is 6.04 Å². The molecule has 24 heavy (non-hydrogen) atoms. The van der Waals surface area contributed by atoms with Gasteiger partial charge in [0.25, 0.3) is 0 Å². The molecule has 1 amide bonds. The molecule has 5 heteroatoms. The van der Waals surface area contributed by atoms with Crippen molar-refractivity contribution in [1.29, 1.82) is 0 Å². The molecule has 0 radical (unpaired) electrons. The van der Waals surface area contributed by atoms with Gasteiger partial charge in [-0.2, -0.15) is 0 Å². The van der Waals surface area contributed by atoms with Crippen molar-refractivity contribution in [3.63, 3.8) is 0 Å². The number of benzene rings is 1. The summed E-state index contributed by atoms with van der Waals surface area (Å²) in [6, 6.07) is 11.0. The van der Waals surface area contributed by atoms with Gasteiger partial charge in [-0.1, -0.05) is 44.2 Å². The highest BCUT2D eigenvalue weighted by Gasteiger charge is 2.25. The molecule has 2 unspecified atom stereocenters. The quantitative estimate of drug-likeness (QED) is 0.682. The van der Waals surface area contributed by atoms with Crippen LogP contribution in [0.15, 0.2) is 30.3 Å². The fourth-order valence-corrected chi connectivity index (χ4v) is 3.29. The van der Waals surface area contributed by atoms with Crippen molar-refractivity contribution in [3.8, 4) is 0 Å². The van der Waals surface area contributed by atoms with Crippen LogP contribution < -0.4 is 16.6 Å². The summed E-state index contributed by atoms with van der Waals surface area (Å²) in [6.45, 7) is 4.95. The number of hydrogen-bond donors (Lipinski definition) is 3. The number of nitrogens with two attached hydrogens (primary N) is 1. The molecule has 1 fully saturated rings. The molecule has 134 valence electrons. The van der Waals surface area contributed by atoms with Crippen LogP contribution in [0.25, 0.3) is 0 Å². The van der Waals surface area contributed by atoms with Crippen molar-refractivity contribution in [1.82, 2.24) is 15.8 Å². The first-order chi connectivity index (χ1) is 11.5. The average molecular weight is 332 g/mol. The first-order valence-corrected chi connectivity index (χ1v) is 9.04. The summed E-state index contributed by atoms with van der Waals surface area (Å²) in [5, 5.41) is 0. The van der Waals surface area contributed by atoms with Gasteiger partial charge in [-0.15, -0.1) is 0 Å². The molecule has 0 bridgehead atoms. The molecule has 4 N–H and O–H groups in total. The minimum atomic E-state index is -0.372. The van der Waals surface area contributed by atoms with Crippen LogP contribution in [0.1, 0.15) is 51.1 Å². The monoisotopic (exact) mass is 332 g/mol. The molecule has 1 aromatic rings. The van der Waals surface area contributed by atoms with Gasteiger partial charge in [-0.3, -0.25) is 15.6 Å². The Morgan fingerprint density at radius 1 is 1.29 bits per heavy atom. The summed E-state index contributed by atoms with van der Waals surface area (Å²) in [5.41, 5.74) is 14.1. The van der Waals surface area contributed by atoms with Crippen LogP contribution >= 0.6 is 0 Å². The van der Waals surface area contributed by atoms with Crippen LogP contribution in [0.5, 0.6) is 0 Å². The molecule has 0 aromatic heterocycles. The van der Waals surface area contributed by atoms with E-state index in [0.29, 0.717) is 18.0 Å². The number of hydrazine groups is 1. The lowest BCUT2D eigenvalue weighted by atomic mass is 9.99. The SMILES string of the molecule is CC(C)C[C@H](N)C(=O)N(C)CCCC1CC(c2ccccc2)NN1. The van der Waals surface area contributed by atoms with E-state index in [-0.39, 0.29) is 11.9 Å². The lowest BCUT2D eigenvalue weighted by Gasteiger charge is -2.22. The maximum Gasteiger partial charge on any atom is 0.239 e. The van der Waals surface area contributed by atoms with Crippen molar-refractivity contribution in [2.24, 2.45) is 11.7 Å². The van der Waals surface area contributed by atoms with E-state index in [0.717, 1.165) is 32.2 Å². The van der Waals surface area contributed by atoms with Crippen molar-refractivity contribution >= 4 is 5.91 Å². The van der Waals surface area contributed by atoms with Gasteiger partial charge in [-0.25, -0.2) is 0 Å². The summed E-state index contributed by atoms with van der Waals surface area (Å²) >= 11 is 0. The van der Waals surface area contributed by atoms with E-state index in [1.165, 1.54) is 5.56 Å². The molecule has 1 saturated heterocycles. The van der Waals surface area contributed by atoms with Crippen LogP contribution in [-0.2, 0) is 4.79 Å². The largest absolute Gasteiger partial charge is 0.344 e. The number of hydrogen-bond acceptors (Lipinski definition) is 4. The predicted octanol–water partition coefficient (Wildman–Crippen LogP) is 2.21. The lowest BCUT2D eigenvalue weighted by molar-refractivity contribution is -0.131. The topological polar surface area (TPSA) is 70.4 Å². The number of rotatable bonds is 8. The summed E-state index contributed by atoms with van der Waals surface area (Å²) < 4.78 is 0. The Kier molecular flexibility index (Phi) is 7.21. The molecular weight excluding hydrogens is 300 g/mol. The number of amides is 1. The number of nitrogens with one attached hydrogen (secondary N) is 2. The second-order valence-electron chi connectivity index (χ2n) is 7.32. The third kappa shape index (κ3) is 5.58. The van der Waals surface area contributed by atoms with Crippen LogP contribution in [-0.4, -0.2) is 36.5 Å². The molecule has 1 aromatic carbocycles. The van der Waals surface area contributed by atoms with Crippen LogP contribution in [0, 0.1) is 5.92 Å². The lowest BCUT2D eigenvalue weighted by Crippen LogP contribution is -2.43. The summed E-state index contributed by atoms with van der Waals surface area (Å²) in [4.78, 5) is 14.0. The number of carbonyl (C=O) groups is 1. The second-order valence-corrected chi connectivity index (χ2v) is 7.32. The third-order valence-corrected chi connectivity index (χ3v) is 4.65. The van der Waals surface area contributed by atoms with Crippen molar-refractivity contribution < 1.29 is 4.79 Å². The van der Waals surface area contributed by atoms with E-state index in [1.807, 2.05) is 13.1 Å². The highest BCUT2D eigenvalue weighted by atomic mass is 16.2. The van der Waals surface area contributed by atoms with E-state index in [2.05, 4.69) is 49.0 Å². The van der Waals surface area contributed by atoms with Crippen LogP contribution in [0.2, 0.25) is 0 Å². The number of likely N-dealkylation sites (N-methyl/N-ethyl adjacent to an activating group) is 1. The predicted molar refractivity (Wildman–Crippen MR) is 98.2 cm³/mol. The molecule has 3 atom stereocenters. The van der Waals surface area contributed by atoms with Crippen LogP contribution in [0.4, 0.5) is 0 Å². The van der Waals surface area contributed by atoms with E-state index in [4.69, 9.17) is 5.73 Å². The zero-order valence-corrected chi connectivity index (χ0v) is 15.2. The molecule has 0 saturated carbocycles. The molecular formula is C19H32N4O. The summed E-state index contributed by atoms with van der Waals surface area (Å²) in [6.07, 6.45) is 3.86. The second kappa shape index (κ2) is 9.16. The van der Waals surface area contributed by atoms with Gasteiger partial charge >= 0.3 is 0 Å². The molecule has 5 nitrogen and oxygen atoms in total. The molecule has 1 heterocycles. The molecule has 0 spiro atoms. The van der Waals surface area contributed by atoms with E-state index >= 15 is 0 Å². The van der Waals surface area contributed by atoms with Gasteiger partial charge in [0.1, 0.15) is 0 Å². The number of nitrogens with zero attached hydrogens (tertiary/aromatic N) is 1. The Bertz CT molecular complexity index is 505. The van der Waals surface area contributed by atoms with E-state index in [1.54, 1.807) is 4.90 Å². The van der Waals surface area contributed by atoms with Gasteiger partial charge in [0.15, 0.2) is 0 Å². The minimum absolute atomic E-state index is 0.0587. The Labute approximate surface area is 146 Å². The van der Waals surface area contributed by atoms with Gasteiger partial charge in [0, 0.05) is 25.7 Å². The maximum atomic E-state index is 12.2. The Morgan fingerprint density at radius 2 is 2.00 bits per heavy atom. The van der Waals surface area contributed by atoms with Crippen molar-refractivity contribution in [2.75, 3.05) is 13.6 Å². The molecule has 1 aliphatic heterocycles. The first-order valence-electron chi connectivity index (χ1n) is 9.04. The minimum Gasteiger partial charge on any atom is -0.344 e. The Balaban J connectivity index is 1.68. The van der Waals surface area contributed by atoms with Gasteiger partial charge in [-0.05, 0) is 37.2 Å². The van der Waals surface area contributed by atoms with Gasteiger partial charge < -0.3 is 10.6 Å². The standard InChI is InChI=1S/C19H32N4O/c1-14(2)12-17(20)19(24)23(3)11-7-10-16-13-18(22-21-16)15-8-5-4-6-9-15/h4-6,8-9,14,16-18,21-22H,7,10-13,20H2,1-3H3/t16?,17-,18?/m0/s1.